The highest BCUT2D eigenvalue weighted by Gasteiger charge is 2.27. The molecule has 146 valence electrons. The molecule has 0 aliphatic carbocycles. The fourth-order valence-electron chi connectivity index (χ4n) is 2.57. The van der Waals surface area contributed by atoms with Gasteiger partial charge in [-0.2, -0.15) is 0 Å². The summed E-state index contributed by atoms with van der Waals surface area (Å²) in [6.45, 7) is 11.0. The van der Waals surface area contributed by atoms with Crippen molar-refractivity contribution >= 4 is 23.0 Å². The van der Waals surface area contributed by atoms with Gasteiger partial charge in [0, 0.05) is 28.7 Å². The Labute approximate surface area is 158 Å². The second-order valence-electron chi connectivity index (χ2n) is 8.25. The van der Waals surface area contributed by atoms with Gasteiger partial charge in [-0.3, -0.25) is 9.88 Å². The number of carbonyl (C=O) groups excluding carboxylic acids is 1. The van der Waals surface area contributed by atoms with Crippen LogP contribution in [0.25, 0.3) is 10.8 Å². The Bertz CT molecular complexity index is 850. The molecule has 7 heteroatoms. The maximum absolute atomic E-state index is 12.0. The summed E-state index contributed by atoms with van der Waals surface area (Å²) in [4.78, 5) is 29.1. The van der Waals surface area contributed by atoms with Gasteiger partial charge >= 0.3 is 12.2 Å². The van der Waals surface area contributed by atoms with Crippen molar-refractivity contribution in [3.63, 3.8) is 0 Å². The van der Waals surface area contributed by atoms with Gasteiger partial charge in [-0.25, -0.2) is 9.59 Å². The molecule has 7 nitrogen and oxygen atoms in total. The van der Waals surface area contributed by atoms with Crippen LogP contribution in [0.1, 0.15) is 47.1 Å². The zero-order chi connectivity index (χ0) is 20.4. The minimum Gasteiger partial charge on any atom is -0.465 e. The third kappa shape index (κ3) is 5.32. The lowest BCUT2D eigenvalue weighted by molar-refractivity contribution is 0.0209. The molecule has 0 spiro atoms. The number of benzene rings is 1. The Balaban J connectivity index is 2.40. The van der Waals surface area contributed by atoms with Crippen LogP contribution in [0.5, 0.6) is 5.75 Å². The van der Waals surface area contributed by atoms with E-state index in [0.717, 1.165) is 5.56 Å². The lowest BCUT2D eigenvalue weighted by atomic mass is 10.0. The Hall–Kier alpha value is -2.83. The van der Waals surface area contributed by atoms with Gasteiger partial charge in [0.1, 0.15) is 11.4 Å². The number of carbonyl (C=O) groups is 2. The minimum atomic E-state index is -1.01. The topological polar surface area (TPSA) is 89.0 Å². The summed E-state index contributed by atoms with van der Waals surface area (Å²) in [6.07, 6.45) is 1.42. The van der Waals surface area contributed by atoms with E-state index in [-0.39, 0.29) is 6.54 Å². The summed E-state index contributed by atoms with van der Waals surface area (Å²) in [5.74, 6) is 0.336. The van der Waals surface area contributed by atoms with Gasteiger partial charge in [-0.15, -0.1) is 0 Å². The Morgan fingerprint density at radius 2 is 1.74 bits per heavy atom. The van der Waals surface area contributed by atoms with Crippen LogP contribution in [0.4, 0.5) is 9.59 Å². The maximum atomic E-state index is 12.0. The molecular formula is C20H26N2O5. The molecule has 0 bridgehead atoms. The van der Waals surface area contributed by atoms with Crippen molar-refractivity contribution in [3.8, 4) is 5.75 Å². The summed E-state index contributed by atoms with van der Waals surface area (Å²) in [7, 11) is 0. The number of rotatable bonds is 3. The van der Waals surface area contributed by atoms with E-state index in [4.69, 9.17) is 9.47 Å². The van der Waals surface area contributed by atoms with Crippen LogP contribution >= 0.6 is 0 Å². The van der Waals surface area contributed by atoms with Crippen molar-refractivity contribution in [1.82, 2.24) is 9.88 Å². The molecule has 0 aliphatic rings. The number of aromatic nitrogens is 1. The molecule has 1 N–H and O–H groups in total. The molecule has 1 aromatic heterocycles. The molecule has 0 saturated heterocycles. The van der Waals surface area contributed by atoms with Crippen molar-refractivity contribution in [2.24, 2.45) is 0 Å². The monoisotopic (exact) mass is 374 g/mol. The number of hydrogen-bond donors (Lipinski definition) is 1. The van der Waals surface area contributed by atoms with Gasteiger partial charge in [0.15, 0.2) is 0 Å². The average molecular weight is 374 g/mol. The fourth-order valence-corrected chi connectivity index (χ4v) is 2.57. The molecular weight excluding hydrogens is 348 g/mol. The lowest BCUT2D eigenvalue weighted by Crippen LogP contribution is -2.44. The third-order valence-electron chi connectivity index (χ3n) is 3.82. The summed E-state index contributed by atoms with van der Waals surface area (Å²) < 4.78 is 10.6. The first-order valence-electron chi connectivity index (χ1n) is 8.65. The molecule has 0 unspecified atom stereocenters. The molecule has 0 atom stereocenters. The van der Waals surface area contributed by atoms with Crippen LogP contribution in [-0.2, 0) is 11.3 Å². The second kappa shape index (κ2) is 7.42. The summed E-state index contributed by atoms with van der Waals surface area (Å²) in [5, 5.41) is 10.9. The first-order valence-corrected chi connectivity index (χ1v) is 8.65. The van der Waals surface area contributed by atoms with Crippen LogP contribution < -0.4 is 4.74 Å². The highest BCUT2D eigenvalue weighted by atomic mass is 16.7. The molecule has 2 rings (SSSR count). The van der Waals surface area contributed by atoms with Gasteiger partial charge < -0.3 is 14.6 Å². The Morgan fingerprint density at radius 3 is 2.30 bits per heavy atom. The smallest absolute Gasteiger partial charge is 0.465 e. The number of amides is 1. The number of pyridine rings is 1. The molecule has 27 heavy (non-hydrogen) atoms. The van der Waals surface area contributed by atoms with Crippen molar-refractivity contribution in [2.75, 3.05) is 0 Å². The van der Waals surface area contributed by atoms with E-state index in [1.165, 1.54) is 4.90 Å². The minimum absolute atomic E-state index is 0.188. The van der Waals surface area contributed by atoms with E-state index in [9.17, 15) is 14.7 Å². The first-order chi connectivity index (χ1) is 12.4. The zero-order valence-corrected chi connectivity index (χ0v) is 16.6. The number of nitrogens with zero attached hydrogens (tertiary/aromatic N) is 2. The highest BCUT2D eigenvalue weighted by molar-refractivity contribution is 5.91. The largest absolute Gasteiger partial charge is 0.514 e. The summed E-state index contributed by atoms with van der Waals surface area (Å²) in [5.41, 5.74) is -0.457. The zero-order valence-electron chi connectivity index (χ0n) is 16.6. The first kappa shape index (κ1) is 20.5. The molecule has 0 fully saturated rings. The Kier molecular flexibility index (Phi) is 5.63. The van der Waals surface area contributed by atoms with Crippen molar-refractivity contribution < 1.29 is 24.2 Å². The van der Waals surface area contributed by atoms with Crippen LogP contribution in [0, 0.1) is 0 Å². The molecule has 1 aromatic carbocycles. The molecule has 1 heterocycles. The number of carboxylic acid groups (broad SMARTS) is 1. The maximum Gasteiger partial charge on any atom is 0.514 e. The van der Waals surface area contributed by atoms with E-state index in [0.29, 0.717) is 16.5 Å². The van der Waals surface area contributed by atoms with Gasteiger partial charge in [0.05, 0.1) is 6.54 Å². The molecule has 0 saturated carbocycles. The predicted molar refractivity (Wildman–Crippen MR) is 102 cm³/mol. The van der Waals surface area contributed by atoms with Crippen LogP contribution in [0.15, 0.2) is 30.6 Å². The van der Waals surface area contributed by atoms with Gasteiger partial charge in [0.2, 0.25) is 0 Å². The number of fused-ring (bicyclic) bond motifs is 1. The van der Waals surface area contributed by atoms with Crippen LogP contribution in [-0.4, -0.2) is 38.4 Å². The fraction of sp³-hybridized carbons (Fsp3) is 0.450. The van der Waals surface area contributed by atoms with E-state index < -0.39 is 23.4 Å². The molecule has 1 amide bonds. The highest BCUT2D eigenvalue weighted by Crippen LogP contribution is 2.30. The van der Waals surface area contributed by atoms with Crippen molar-refractivity contribution in [1.29, 1.82) is 0 Å². The average Bonchev–Trinajstić information content (AvgIpc) is 2.50. The molecule has 2 aromatic rings. The lowest BCUT2D eigenvalue weighted by Gasteiger charge is -2.33. The quantitative estimate of drug-likeness (QED) is 0.611. The molecule has 0 radical (unpaired) electrons. The van der Waals surface area contributed by atoms with Crippen LogP contribution in [0.2, 0.25) is 0 Å². The van der Waals surface area contributed by atoms with E-state index in [1.807, 2.05) is 20.8 Å². The standard InChI is InChI=1S/C20H26N2O5/c1-19(2,3)22(17(23)24)12-13-7-8-16(14-9-10-21-11-15(13)14)26-18(25)27-20(4,5)6/h7-11H,12H2,1-6H3,(H,23,24). The third-order valence-corrected chi connectivity index (χ3v) is 3.82. The summed E-state index contributed by atoms with van der Waals surface area (Å²) in [6, 6.07) is 5.11. The van der Waals surface area contributed by atoms with Crippen LogP contribution in [0.3, 0.4) is 0 Å². The van der Waals surface area contributed by atoms with E-state index in [2.05, 4.69) is 4.98 Å². The van der Waals surface area contributed by atoms with E-state index >= 15 is 0 Å². The molecule has 0 aliphatic heterocycles. The van der Waals surface area contributed by atoms with Gasteiger partial charge in [0.25, 0.3) is 0 Å². The second-order valence-corrected chi connectivity index (χ2v) is 8.25. The van der Waals surface area contributed by atoms with Gasteiger partial charge in [-0.1, -0.05) is 6.07 Å². The summed E-state index contributed by atoms with van der Waals surface area (Å²) >= 11 is 0. The predicted octanol–water partition coefficient (Wildman–Crippen LogP) is 4.83. The SMILES string of the molecule is CC(C)(C)OC(=O)Oc1ccc(CN(C(=O)O)C(C)(C)C)c2cnccc12. The number of ether oxygens (including phenoxy) is 2. The Morgan fingerprint density at radius 1 is 1.07 bits per heavy atom. The van der Waals surface area contributed by atoms with Gasteiger partial charge in [-0.05, 0) is 59.2 Å². The van der Waals surface area contributed by atoms with Crippen molar-refractivity contribution in [2.45, 2.75) is 59.2 Å². The van der Waals surface area contributed by atoms with E-state index in [1.54, 1.807) is 51.4 Å². The van der Waals surface area contributed by atoms with Crippen molar-refractivity contribution in [3.05, 3.63) is 36.2 Å². The number of hydrogen-bond acceptors (Lipinski definition) is 5. The normalized spacial score (nSPS) is 11.9.